The van der Waals surface area contributed by atoms with Crippen molar-refractivity contribution in [1.82, 2.24) is 5.32 Å². The lowest BCUT2D eigenvalue weighted by Gasteiger charge is -2.27. The molecule has 5 heteroatoms. The molecule has 2 N–H and O–H groups in total. The van der Waals surface area contributed by atoms with Gasteiger partial charge in [0.1, 0.15) is 0 Å². The van der Waals surface area contributed by atoms with E-state index >= 15 is 0 Å². The van der Waals surface area contributed by atoms with Crippen LogP contribution in [0.15, 0.2) is 23.8 Å². The second-order valence-corrected chi connectivity index (χ2v) is 6.55. The first-order chi connectivity index (χ1) is 11.0. The van der Waals surface area contributed by atoms with Crippen LogP contribution in [0.25, 0.3) is 0 Å². The quantitative estimate of drug-likeness (QED) is 0.782. The average Bonchev–Trinajstić information content (AvgIpc) is 2.74. The Bertz CT molecular complexity index is 528. The summed E-state index contributed by atoms with van der Waals surface area (Å²) in [7, 11) is 1.43. The van der Waals surface area contributed by atoms with Gasteiger partial charge in [-0.2, -0.15) is 0 Å². The van der Waals surface area contributed by atoms with Gasteiger partial charge in [0.05, 0.1) is 24.3 Å². The van der Waals surface area contributed by atoms with Gasteiger partial charge in [0.2, 0.25) is 0 Å². The highest BCUT2D eigenvalue weighted by atomic mass is 16.5. The number of carbonyl (C=O) groups excluding carboxylic acids is 2. The maximum atomic E-state index is 12.3. The summed E-state index contributed by atoms with van der Waals surface area (Å²) in [5.74, 6) is 0.481. The van der Waals surface area contributed by atoms with Crippen molar-refractivity contribution in [2.75, 3.05) is 13.7 Å². The van der Waals surface area contributed by atoms with Gasteiger partial charge in [-0.15, -0.1) is 0 Å². The van der Waals surface area contributed by atoms with E-state index in [4.69, 9.17) is 10.1 Å². The summed E-state index contributed by atoms with van der Waals surface area (Å²) in [5, 5.41) is 10.9. The Morgan fingerprint density at radius 3 is 2.65 bits per heavy atom. The molecule has 0 aliphatic heterocycles. The molecule has 5 nitrogen and oxygen atoms in total. The van der Waals surface area contributed by atoms with Gasteiger partial charge in [0.15, 0.2) is 0 Å². The van der Waals surface area contributed by atoms with Crippen LogP contribution in [0, 0.1) is 23.2 Å². The van der Waals surface area contributed by atoms with Gasteiger partial charge in [0, 0.05) is 6.54 Å². The van der Waals surface area contributed by atoms with Crippen LogP contribution in [0.1, 0.15) is 39.0 Å². The second-order valence-electron chi connectivity index (χ2n) is 6.55. The Morgan fingerprint density at radius 2 is 2.00 bits per heavy atom. The summed E-state index contributed by atoms with van der Waals surface area (Å²) < 4.78 is 4.79. The lowest BCUT2D eigenvalue weighted by atomic mass is 9.82. The number of allylic oxidation sites excluding steroid dienone is 3. The van der Waals surface area contributed by atoms with Gasteiger partial charge in [0.25, 0.3) is 5.91 Å². The van der Waals surface area contributed by atoms with E-state index in [1.54, 1.807) is 6.08 Å². The summed E-state index contributed by atoms with van der Waals surface area (Å²) in [4.78, 5) is 23.8. The van der Waals surface area contributed by atoms with E-state index in [0.29, 0.717) is 24.0 Å². The number of methoxy groups -OCH3 is 1. The van der Waals surface area contributed by atoms with Gasteiger partial charge in [-0.05, 0) is 50.0 Å². The molecule has 0 aromatic rings. The molecule has 1 amide bonds. The molecule has 0 heterocycles. The molecule has 0 radical (unpaired) electrons. The van der Waals surface area contributed by atoms with Crippen LogP contribution >= 0.6 is 0 Å². The van der Waals surface area contributed by atoms with E-state index in [-0.39, 0.29) is 23.5 Å². The van der Waals surface area contributed by atoms with Gasteiger partial charge >= 0.3 is 5.97 Å². The Labute approximate surface area is 137 Å². The lowest BCUT2D eigenvalue weighted by Crippen LogP contribution is -2.34. The smallest absolute Gasteiger partial charge is 0.308 e. The highest BCUT2D eigenvalue weighted by Crippen LogP contribution is 2.29. The molecule has 1 fully saturated rings. The van der Waals surface area contributed by atoms with E-state index in [2.05, 4.69) is 12.2 Å². The molecule has 126 valence electrons. The van der Waals surface area contributed by atoms with Crippen molar-refractivity contribution in [1.29, 1.82) is 5.41 Å². The van der Waals surface area contributed by atoms with Crippen LogP contribution in [0.2, 0.25) is 0 Å². The van der Waals surface area contributed by atoms with Crippen LogP contribution in [-0.2, 0) is 14.3 Å². The lowest BCUT2D eigenvalue weighted by molar-refractivity contribution is -0.146. The number of esters is 1. The minimum absolute atomic E-state index is 0.0105. The Hall–Kier alpha value is -1.91. The predicted octanol–water partition coefficient (Wildman–Crippen LogP) is 2.62. The zero-order valence-electron chi connectivity index (χ0n) is 13.9. The van der Waals surface area contributed by atoms with E-state index in [1.165, 1.54) is 7.11 Å². The Kier molecular flexibility index (Phi) is 6.13. The zero-order chi connectivity index (χ0) is 16.8. The third-order valence-corrected chi connectivity index (χ3v) is 4.75. The van der Waals surface area contributed by atoms with Crippen molar-refractivity contribution in [3.63, 3.8) is 0 Å². The monoisotopic (exact) mass is 318 g/mol. The van der Waals surface area contributed by atoms with Gasteiger partial charge in [-0.3, -0.25) is 9.59 Å². The first kappa shape index (κ1) is 17.4. The van der Waals surface area contributed by atoms with Crippen molar-refractivity contribution in [3.05, 3.63) is 23.8 Å². The van der Waals surface area contributed by atoms with Crippen LogP contribution in [0.4, 0.5) is 0 Å². The molecule has 1 saturated carbocycles. The molecule has 1 unspecified atom stereocenters. The summed E-state index contributed by atoms with van der Waals surface area (Å²) in [6.45, 7) is 2.68. The SMILES string of the molecule is COC(=O)C1CCC(CNC(=O)C2=CCC(C)C=CC2=N)CC1. The highest BCUT2D eigenvalue weighted by molar-refractivity contribution is 6.24. The minimum atomic E-state index is -0.163. The van der Waals surface area contributed by atoms with Gasteiger partial charge in [-0.1, -0.05) is 19.1 Å². The number of ether oxygens (including phenoxy) is 1. The molecule has 0 saturated heterocycles. The maximum Gasteiger partial charge on any atom is 0.308 e. The Morgan fingerprint density at radius 1 is 1.30 bits per heavy atom. The second kappa shape index (κ2) is 8.09. The van der Waals surface area contributed by atoms with Crippen LogP contribution in [0.5, 0.6) is 0 Å². The van der Waals surface area contributed by atoms with Crippen molar-refractivity contribution < 1.29 is 14.3 Å². The molecule has 2 rings (SSSR count). The number of amides is 1. The van der Waals surface area contributed by atoms with Crippen LogP contribution in [0.3, 0.4) is 0 Å². The summed E-state index contributed by atoms with van der Waals surface area (Å²) in [6, 6.07) is 0. The van der Waals surface area contributed by atoms with Crippen LogP contribution < -0.4 is 5.32 Å². The number of hydrogen-bond donors (Lipinski definition) is 2. The molecule has 2 aliphatic carbocycles. The van der Waals surface area contributed by atoms with Crippen molar-refractivity contribution in [2.45, 2.75) is 39.0 Å². The number of nitrogens with one attached hydrogen (secondary N) is 2. The largest absolute Gasteiger partial charge is 0.469 e. The van der Waals surface area contributed by atoms with Crippen molar-refractivity contribution in [3.8, 4) is 0 Å². The summed E-state index contributed by atoms with van der Waals surface area (Å²) in [6.07, 6.45) is 9.82. The van der Waals surface area contributed by atoms with E-state index in [9.17, 15) is 9.59 Å². The molecule has 2 aliphatic rings. The van der Waals surface area contributed by atoms with Gasteiger partial charge < -0.3 is 15.5 Å². The molecule has 0 aromatic carbocycles. The average molecular weight is 318 g/mol. The minimum Gasteiger partial charge on any atom is -0.469 e. The first-order valence-electron chi connectivity index (χ1n) is 8.34. The zero-order valence-corrected chi connectivity index (χ0v) is 13.9. The molecular weight excluding hydrogens is 292 g/mol. The molecule has 0 spiro atoms. The fourth-order valence-corrected chi connectivity index (χ4v) is 3.16. The Balaban J connectivity index is 1.80. The molecule has 0 bridgehead atoms. The molecule has 0 aromatic heterocycles. The first-order valence-corrected chi connectivity index (χ1v) is 8.34. The normalized spacial score (nSPS) is 27.8. The fraction of sp³-hybridized carbons (Fsp3) is 0.611. The van der Waals surface area contributed by atoms with Crippen LogP contribution in [-0.4, -0.2) is 31.2 Å². The summed E-state index contributed by atoms with van der Waals surface area (Å²) in [5.41, 5.74) is 0.745. The van der Waals surface area contributed by atoms with E-state index in [1.807, 2.05) is 12.2 Å². The van der Waals surface area contributed by atoms with Crippen molar-refractivity contribution in [2.24, 2.45) is 17.8 Å². The molecule has 1 atom stereocenters. The van der Waals surface area contributed by atoms with Crippen molar-refractivity contribution >= 4 is 17.6 Å². The topological polar surface area (TPSA) is 79.2 Å². The molecule has 23 heavy (non-hydrogen) atoms. The number of carbonyl (C=O) groups is 2. The molecular formula is C18H26N2O3. The standard InChI is InChI=1S/C18H26N2O3/c1-12-3-9-15(16(19)10-4-12)17(21)20-11-13-5-7-14(8-6-13)18(22)23-2/h4,9-10,12-14,19H,3,5-8,11H2,1-2H3,(H,20,21). The highest BCUT2D eigenvalue weighted by Gasteiger charge is 2.27. The summed E-state index contributed by atoms with van der Waals surface area (Å²) >= 11 is 0. The van der Waals surface area contributed by atoms with E-state index in [0.717, 1.165) is 32.1 Å². The van der Waals surface area contributed by atoms with E-state index < -0.39 is 0 Å². The van der Waals surface area contributed by atoms with Gasteiger partial charge in [-0.25, -0.2) is 0 Å². The number of hydrogen-bond acceptors (Lipinski definition) is 4. The third-order valence-electron chi connectivity index (χ3n) is 4.75. The third kappa shape index (κ3) is 4.78. The fourth-order valence-electron chi connectivity index (χ4n) is 3.16. The maximum absolute atomic E-state index is 12.3. The number of rotatable bonds is 4. The predicted molar refractivity (Wildman–Crippen MR) is 89.2 cm³/mol.